The molecule has 2 rings (SSSR count). The fourth-order valence-electron chi connectivity index (χ4n) is 2.21. The van der Waals surface area contributed by atoms with Crippen LogP contribution in [-0.4, -0.2) is 38.9 Å². The highest BCUT2D eigenvalue weighted by atomic mass is 35.5. The number of aliphatic hydroxyl groups is 1. The number of nitrogens with zero attached hydrogens (tertiary/aromatic N) is 1. The molecule has 0 saturated carbocycles. The molecule has 1 atom stereocenters. The van der Waals surface area contributed by atoms with E-state index in [9.17, 15) is 14.3 Å². The molecule has 0 aliphatic rings. The van der Waals surface area contributed by atoms with E-state index < -0.39 is 29.6 Å². The van der Waals surface area contributed by atoms with Crippen molar-refractivity contribution in [2.75, 3.05) is 11.9 Å². The second-order valence-corrected chi connectivity index (χ2v) is 6.66. The first kappa shape index (κ1) is 21.0. The number of phenolic OH excluding ortho intramolecular Hbond substituents is 1. The Hall–Kier alpha value is -2.29. The Morgan fingerprint density at radius 3 is 2.56 bits per heavy atom. The molecule has 0 radical (unpaired) electrons. The Morgan fingerprint density at radius 2 is 2.00 bits per heavy atom. The van der Waals surface area contributed by atoms with Crippen LogP contribution in [0.5, 0.6) is 17.2 Å². The number of anilines is 1. The molecule has 10 heteroatoms. The molecule has 0 fully saturated rings. The van der Waals surface area contributed by atoms with Crippen molar-refractivity contribution >= 4 is 35.0 Å². The van der Waals surface area contributed by atoms with E-state index in [1.807, 2.05) is 13.8 Å². The normalized spacial score (nSPS) is 12.1. The summed E-state index contributed by atoms with van der Waals surface area (Å²) in [5.41, 5.74) is 0.596. The van der Waals surface area contributed by atoms with Gasteiger partial charge in [-0.05, 0) is 24.1 Å². The zero-order chi connectivity index (χ0) is 20.3. The van der Waals surface area contributed by atoms with Crippen LogP contribution in [0.2, 0.25) is 10.0 Å². The van der Waals surface area contributed by atoms with Crippen LogP contribution in [0.4, 0.5) is 10.2 Å². The van der Waals surface area contributed by atoms with Gasteiger partial charge in [-0.15, -0.1) is 0 Å². The number of hydrogen-bond acceptors (Lipinski definition) is 6. The summed E-state index contributed by atoms with van der Waals surface area (Å²) in [6.07, 6.45) is 0. The van der Waals surface area contributed by atoms with Crippen LogP contribution in [0.15, 0.2) is 18.2 Å². The van der Waals surface area contributed by atoms with E-state index in [2.05, 4.69) is 10.3 Å². The zero-order valence-electron chi connectivity index (χ0n) is 14.3. The molecule has 0 bridgehead atoms. The molecule has 1 heterocycles. The van der Waals surface area contributed by atoms with Crippen molar-refractivity contribution in [1.82, 2.24) is 4.98 Å². The van der Waals surface area contributed by atoms with E-state index in [0.717, 1.165) is 0 Å². The van der Waals surface area contributed by atoms with Gasteiger partial charge in [-0.1, -0.05) is 37.0 Å². The maximum Gasteiger partial charge on any atom is 0.328 e. The summed E-state index contributed by atoms with van der Waals surface area (Å²) >= 11 is 12.0. The SMILES string of the molecule is CC(C)c1cc(Oc2c(Cl)c(F)nc(NC(CO)C(=O)O)c2Cl)ccc1O. The van der Waals surface area contributed by atoms with Crippen LogP contribution in [0, 0.1) is 5.95 Å². The molecule has 4 N–H and O–H groups in total. The van der Waals surface area contributed by atoms with E-state index in [0.29, 0.717) is 5.56 Å². The molecular formula is C17H17Cl2FN2O5. The number of ether oxygens (including phenoxy) is 1. The number of nitrogens with one attached hydrogen (secondary N) is 1. The molecule has 1 aromatic heterocycles. The minimum absolute atomic E-state index is 0.00761. The molecule has 1 unspecified atom stereocenters. The largest absolute Gasteiger partial charge is 0.508 e. The smallest absolute Gasteiger partial charge is 0.328 e. The number of carboxylic acid groups (broad SMARTS) is 1. The van der Waals surface area contributed by atoms with Crippen molar-refractivity contribution in [3.05, 3.63) is 39.8 Å². The lowest BCUT2D eigenvalue weighted by Crippen LogP contribution is -2.33. The molecule has 0 aliphatic heterocycles. The first-order valence-electron chi connectivity index (χ1n) is 7.81. The predicted molar refractivity (Wildman–Crippen MR) is 98.6 cm³/mol. The van der Waals surface area contributed by atoms with E-state index in [-0.39, 0.29) is 34.0 Å². The van der Waals surface area contributed by atoms with Gasteiger partial charge in [0.15, 0.2) is 11.6 Å². The van der Waals surface area contributed by atoms with Gasteiger partial charge in [-0.3, -0.25) is 0 Å². The van der Waals surface area contributed by atoms with E-state index in [1.165, 1.54) is 12.1 Å². The molecule has 0 spiro atoms. The number of aliphatic carboxylic acids is 1. The van der Waals surface area contributed by atoms with Crippen LogP contribution in [0.1, 0.15) is 25.3 Å². The lowest BCUT2D eigenvalue weighted by atomic mass is 10.0. The summed E-state index contributed by atoms with van der Waals surface area (Å²) in [6, 6.07) is 2.94. The quantitative estimate of drug-likeness (QED) is 0.502. The molecule has 1 aromatic carbocycles. The minimum atomic E-state index is -1.45. The summed E-state index contributed by atoms with van der Waals surface area (Å²) < 4.78 is 19.7. The monoisotopic (exact) mass is 418 g/mol. The Bertz CT molecular complexity index is 864. The van der Waals surface area contributed by atoms with Crippen LogP contribution in [0.25, 0.3) is 0 Å². The third-order valence-corrected chi connectivity index (χ3v) is 4.31. The molecule has 146 valence electrons. The maximum atomic E-state index is 14.1. The number of aromatic hydroxyl groups is 1. The summed E-state index contributed by atoms with van der Waals surface area (Å²) in [5.74, 6) is -2.85. The van der Waals surface area contributed by atoms with Crippen LogP contribution >= 0.6 is 23.2 Å². The number of rotatable bonds is 7. The van der Waals surface area contributed by atoms with Gasteiger partial charge in [0.25, 0.3) is 0 Å². The van der Waals surface area contributed by atoms with Crippen LogP contribution in [0.3, 0.4) is 0 Å². The highest BCUT2D eigenvalue weighted by molar-refractivity contribution is 6.38. The van der Waals surface area contributed by atoms with E-state index in [4.69, 9.17) is 38.2 Å². The molecule has 7 nitrogen and oxygen atoms in total. The number of aromatic nitrogens is 1. The summed E-state index contributed by atoms with van der Waals surface area (Å²) in [6.45, 7) is 2.96. The topological polar surface area (TPSA) is 112 Å². The highest BCUT2D eigenvalue weighted by Crippen LogP contribution is 2.42. The van der Waals surface area contributed by atoms with Crippen LogP contribution < -0.4 is 10.1 Å². The zero-order valence-corrected chi connectivity index (χ0v) is 15.8. The first-order valence-corrected chi connectivity index (χ1v) is 8.56. The second-order valence-electron chi connectivity index (χ2n) is 5.90. The summed E-state index contributed by atoms with van der Waals surface area (Å²) in [5, 5.41) is 29.5. The lowest BCUT2D eigenvalue weighted by Gasteiger charge is -2.17. The fraction of sp³-hybridized carbons (Fsp3) is 0.294. The number of hydrogen-bond donors (Lipinski definition) is 4. The van der Waals surface area contributed by atoms with E-state index >= 15 is 0 Å². The van der Waals surface area contributed by atoms with Gasteiger partial charge < -0.3 is 25.4 Å². The van der Waals surface area contributed by atoms with Crippen molar-refractivity contribution in [3.63, 3.8) is 0 Å². The highest BCUT2D eigenvalue weighted by Gasteiger charge is 2.24. The van der Waals surface area contributed by atoms with Crippen molar-refractivity contribution in [3.8, 4) is 17.2 Å². The number of benzene rings is 1. The van der Waals surface area contributed by atoms with Crippen molar-refractivity contribution in [2.45, 2.75) is 25.8 Å². The Morgan fingerprint density at radius 1 is 1.33 bits per heavy atom. The second kappa shape index (κ2) is 8.60. The number of phenols is 1. The molecule has 0 aliphatic carbocycles. The first-order chi connectivity index (χ1) is 12.6. The van der Waals surface area contributed by atoms with Gasteiger partial charge in [0.1, 0.15) is 27.6 Å². The van der Waals surface area contributed by atoms with Gasteiger partial charge in [0, 0.05) is 5.56 Å². The standard InChI is InChI=1S/C17H17Cl2FN2O5/c1-7(2)9-5-8(3-4-11(9)24)27-14-12(18)15(20)22-16(13(14)19)21-10(6-23)17(25)26/h3-5,7,10,23-24H,6H2,1-2H3,(H,21,22)(H,25,26). The molecular weight excluding hydrogens is 402 g/mol. The Kier molecular flexibility index (Phi) is 6.69. The average Bonchev–Trinajstić information content (AvgIpc) is 2.61. The van der Waals surface area contributed by atoms with Crippen LogP contribution in [-0.2, 0) is 4.79 Å². The number of halogens is 3. The van der Waals surface area contributed by atoms with Crippen molar-refractivity contribution in [2.24, 2.45) is 0 Å². The van der Waals surface area contributed by atoms with Crippen molar-refractivity contribution < 1.29 is 29.2 Å². The molecule has 0 amide bonds. The fourth-order valence-corrected chi connectivity index (χ4v) is 2.66. The molecule has 0 saturated heterocycles. The maximum absolute atomic E-state index is 14.1. The number of pyridine rings is 1. The summed E-state index contributed by atoms with van der Waals surface area (Å²) in [4.78, 5) is 14.5. The third kappa shape index (κ3) is 4.71. The molecule has 2 aromatic rings. The van der Waals surface area contributed by atoms with Gasteiger partial charge >= 0.3 is 5.97 Å². The minimum Gasteiger partial charge on any atom is -0.508 e. The Balaban J connectivity index is 2.45. The van der Waals surface area contributed by atoms with Gasteiger partial charge in [-0.2, -0.15) is 9.37 Å². The van der Waals surface area contributed by atoms with Gasteiger partial charge in [0.2, 0.25) is 5.95 Å². The van der Waals surface area contributed by atoms with Gasteiger partial charge in [-0.25, -0.2) is 4.79 Å². The number of aliphatic hydroxyl groups excluding tert-OH is 1. The average molecular weight is 419 g/mol. The predicted octanol–water partition coefficient (Wildman–Crippen LogP) is 4.01. The van der Waals surface area contributed by atoms with E-state index in [1.54, 1.807) is 6.07 Å². The number of carbonyl (C=O) groups is 1. The third-order valence-electron chi connectivity index (χ3n) is 3.63. The lowest BCUT2D eigenvalue weighted by molar-refractivity contribution is -0.138. The summed E-state index contributed by atoms with van der Waals surface area (Å²) in [7, 11) is 0. The Labute approximate surface area is 164 Å². The number of carboxylic acids is 1. The van der Waals surface area contributed by atoms with Crippen molar-refractivity contribution in [1.29, 1.82) is 0 Å². The molecule has 27 heavy (non-hydrogen) atoms. The van der Waals surface area contributed by atoms with Gasteiger partial charge in [0.05, 0.1) is 6.61 Å².